The van der Waals surface area contributed by atoms with Crippen molar-refractivity contribution in [3.63, 3.8) is 0 Å². The van der Waals surface area contributed by atoms with E-state index >= 15 is 0 Å². The van der Waals surface area contributed by atoms with Gasteiger partial charge in [0.15, 0.2) is 0 Å². The molecule has 2 heterocycles. The quantitative estimate of drug-likeness (QED) is 0.445. The van der Waals surface area contributed by atoms with Crippen LogP contribution in [0, 0.1) is 0 Å². The van der Waals surface area contributed by atoms with E-state index in [0.717, 1.165) is 21.8 Å². The number of hydrogen-bond donors (Lipinski definition) is 0. The average molecular weight is 377 g/mol. The maximum atomic E-state index is 4.35. The van der Waals surface area contributed by atoms with Gasteiger partial charge in [0, 0.05) is 23.2 Å². The summed E-state index contributed by atoms with van der Waals surface area (Å²) in [5.41, 5.74) is 1.95. The third kappa shape index (κ3) is 1.67. The molecular weight excluding hydrogens is 369 g/mol. The number of pyridine rings is 2. The van der Waals surface area contributed by atoms with Gasteiger partial charge in [0.05, 0.1) is 11.0 Å². The van der Waals surface area contributed by atoms with Crippen LogP contribution in [0.25, 0.3) is 21.8 Å². The molecule has 15 heavy (non-hydrogen) atoms. The van der Waals surface area contributed by atoms with Gasteiger partial charge in [0.2, 0.25) is 0 Å². The molecule has 0 spiro atoms. The molecule has 0 bridgehead atoms. The number of rotatable bonds is 0. The van der Waals surface area contributed by atoms with Crippen LogP contribution in [0.2, 0.25) is 0 Å². The number of fused-ring (bicyclic) bond motifs is 3. The van der Waals surface area contributed by atoms with Crippen molar-refractivity contribution in [1.82, 2.24) is 9.97 Å². The molecule has 2 aromatic heterocycles. The molecule has 0 saturated heterocycles. The monoisotopic (exact) mass is 377 g/mol. The fourth-order valence-corrected chi connectivity index (χ4v) is 1.68. The van der Waals surface area contributed by atoms with E-state index < -0.39 is 0 Å². The smallest absolute Gasteiger partial charge is 0.254 e. The fourth-order valence-electron chi connectivity index (χ4n) is 1.68. The van der Waals surface area contributed by atoms with E-state index in [0.29, 0.717) is 0 Å². The van der Waals surface area contributed by atoms with Crippen LogP contribution in [0.15, 0.2) is 48.8 Å². The standard InChI is InChI=1S/C12H8N2.Au/c1-3-9-5-6-10-4-2-8-14-12(10)11(9)13-7-1;/h1-8H;/q;+1. The van der Waals surface area contributed by atoms with Crippen molar-refractivity contribution in [2.75, 3.05) is 0 Å². The van der Waals surface area contributed by atoms with Gasteiger partial charge in [-0.05, 0) is 12.1 Å². The Morgan fingerprint density at radius 3 is 1.60 bits per heavy atom. The van der Waals surface area contributed by atoms with Crippen molar-refractivity contribution in [2.24, 2.45) is 0 Å². The van der Waals surface area contributed by atoms with Crippen molar-refractivity contribution in [1.29, 1.82) is 0 Å². The predicted octanol–water partition coefficient (Wildman–Crippen LogP) is 2.78. The summed E-state index contributed by atoms with van der Waals surface area (Å²) in [6, 6.07) is 12.1. The summed E-state index contributed by atoms with van der Waals surface area (Å²) in [5.74, 6) is 0. The van der Waals surface area contributed by atoms with Crippen LogP contribution >= 0.6 is 0 Å². The second-order valence-electron chi connectivity index (χ2n) is 3.22. The molecule has 0 unspecified atom stereocenters. The zero-order valence-corrected chi connectivity index (χ0v) is 9.98. The van der Waals surface area contributed by atoms with Gasteiger partial charge in [0.25, 0.3) is 0 Å². The molecule has 0 aliphatic rings. The SMILES string of the molecule is [Au+].c1cnc2c(c1)ccc1cccnc12. The molecule has 0 fully saturated rings. The van der Waals surface area contributed by atoms with Gasteiger partial charge in [-0.3, -0.25) is 9.97 Å². The first-order valence-corrected chi connectivity index (χ1v) is 4.53. The van der Waals surface area contributed by atoms with Gasteiger partial charge in [0.1, 0.15) is 0 Å². The van der Waals surface area contributed by atoms with Crippen molar-refractivity contribution in [2.45, 2.75) is 0 Å². The molecule has 1 aromatic carbocycles. The molecular formula is C12H8AuN2+. The molecule has 0 radical (unpaired) electrons. The second kappa shape index (κ2) is 4.11. The van der Waals surface area contributed by atoms with E-state index in [9.17, 15) is 0 Å². The minimum Gasteiger partial charge on any atom is -0.254 e. The van der Waals surface area contributed by atoms with Crippen LogP contribution in [0.3, 0.4) is 0 Å². The third-order valence-corrected chi connectivity index (χ3v) is 2.34. The normalized spacial score (nSPS) is 10.1. The molecule has 2 nitrogen and oxygen atoms in total. The summed E-state index contributed by atoms with van der Waals surface area (Å²) in [5, 5.41) is 2.28. The van der Waals surface area contributed by atoms with Crippen LogP contribution in [0.1, 0.15) is 0 Å². The van der Waals surface area contributed by atoms with E-state index in [-0.39, 0.29) is 22.4 Å². The Bertz CT molecular complexity index is 553. The zero-order valence-electron chi connectivity index (χ0n) is 7.81. The van der Waals surface area contributed by atoms with E-state index in [1.165, 1.54) is 0 Å². The summed E-state index contributed by atoms with van der Waals surface area (Å²) in [6.07, 6.45) is 3.60. The van der Waals surface area contributed by atoms with E-state index in [4.69, 9.17) is 0 Å². The topological polar surface area (TPSA) is 25.8 Å². The summed E-state index contributed by atoms with van der Waals surface area (Å²) >= 11 is 0. The Labute approximate surface area is 103 Å². The Morgan fingerprint density at radius 1 is 0.667 bits per heavy atom. The zero-order chi connectivity index (χ0) is 9.38. The number of aromatic nitrogens is 2. The van der Waals surface area contributed by atoms with Crippen molar-refractivity contribution in [3.05, 3.63) is 48.8 Å². The van der Waals surface area contributed by atoms with Gasteiger partial charge < -0.3 is 0 Å². The maximum Gasteiger partial charge on any atom is 1.00 e. The van der Waals surface area contributed by atoms with Gasteiger partial charge in [-0.25, -0.2) is 0 Å². The Balaban J connectivity index is 0.000000853. The minimum atomic E-state index is 0. The van der Waals surface area contributed by atoms with E-state index in [1.807, 2.05) is 12.1 Å². The fraction of sp³-hybridized carbons (Fsp3) is 0. The summed E-state index contributed by atoms with van der Waals surface area (Å²) < 4.78 is 0. The van der Waals surface area contributed by atoms with Gasteiger partial charge >= 0.3 is 22.4 Å². The Kier molecular flexibility index (Phi) is 2.82. The number of benzene rings is 1. The Morgan fingerprint density at radius 2 is 1.13 bits per heavy atom. The molecule has 0 N–H and O–H groups in total. The molecule has 3 rings (SSSR count). The maximum absolute atomic E-state index is 4.35. The molecule has 3 aromatic rings. The summed E-state index contributed by atoms with van der Waals surface area (Å²) in [4.78, 5) is 8.69. The largest absolute Gasteiger partial charge is 1.00 e. The molecule has 0 atom stereocenters. The molecule has 0 aliphatic carbocycles. The van der Waals surface area contributed by atoms with Crippen LogP contribution in [-0.2, 0) is 22.4 Å². The van der Waals surface area contributed by atoms with Crippen molar-refractivity contribution >= 4 is 21.8 Å². The predicted molar refractivity (Wildman–Crippen MR) is 57.0 cm³/mol. The summed E-state index contributed by atoms with van der Waals surface area (Å²) in [6.45, 7) is 0. The van der Waals surface area contributed by atoms with Crippen molar-refractivity contribution in [3.8, 4) is 0 Å². The van der Waals surface area contributed by atoms with Gasteiger partial charge in [-0.2, -0.15) is 0 Å². The van der Waals surface area contributed by atoms with E-state index in [2.05, 4.69) is 34.2 Å². The average Bonchev–Trinajstić information content (AvgIpc) is 2.29. The molecule has 0 aliphatic heterocycles. The van der Waals surface area contributed by atoms with Crippen LogP contribution in [-0.4, -0.2) is 9.97 Å². The van der Waals surface area contributed by atoms with Crippen LogP contribution in [0.4, 0.5) is 0 Å². The van der Waals surface area contributed by atoms with Crippen LogP contribution in [0.5, 0.6) is 0 Å². The minimum absolute atomic E-state index is 0. The summed E-state index contributed by atoms with van der Waals surface area (Å²) in [7, 11) is 0. The van der Waals surface area contributed by atoms with Crippen LogP contribution < -0.4 is 0 Å². The first-order chi connectivity index (χ1) is 6.95. The van der Waals surface area contributed by atoms with E-state index in [1.54, 1.807) is 12.4 Å². The number of hydrogen-bond acceptors (Lipinski definition) is 2. The van der Waals surface area contributed by atoms with Gasteiger partial charge in [-0.15, -0.1) is 0 Å². The number of nitrogens with zero attached hydrogens (tertiary/aromatic N) is 2. The molecule has 3 heteroatoms. The third-order valence-electron chi connectivity index (χ3n) is 2.34. The second-order valence-corrected chi connectivity index (χ2v) is 3.22. The molecule has 0 amide bonds. The first kappa shape index (κ1) is 10.3. The molecule has 0 saturated carbocycles. The molecule has 76 valence electrons. The first-order valence-electron chi connectivity index (χ1n) is 4.53. The van der Waals surface area contributed by atoms with Gasteiger partial charge in [-0.1, -0.05) is 24.3 Å². The Hall–Kier alpha value is -1.22. The van der Waals surface area contributed by atoms with Crippen molar-refractivity contribution < 1.29 is 22.4 Å².